The Morgan fingerprint density at radius 2 is 2.12 bits per heavy atom. The van der Waals surface area contributed by atoms with Crippen LogP contribution in [0.5, 0.6) is 0 Å². The molecule has 24 heavy (non-hydrogen) atoms. The molecule has 1 spiro atoms. The second-order valence-electron chi connectivity index (χ2n) is 7.25. The third-order valence-corrected chi connectivity index (χ3v) is 6.03. The quantitative estimate of drug-likeness (QED) is 0.836. The SMILES string of the molecule is CCCc1nnsc1C(=O)N1CC[C@]2(CCCN(C(C)C)C2=O)C1. The summed E-state index contributed by atoms with van der Waals surface area (Å²) in [5, 5.41) is 4.10. The Morgan fingerprint density at radius 3 is 2.83 bits per heavy atom. The molecule has 0 bridgehead atoms. The van der Waals surface area contributed by atoms with E-state index in [2.05, 4.69) is 30.4 Å². The van der Waals surface area contributed by atoms with E-state index in [1.54, 1.807) is 0 Å². The molecule has 2 aliphatic heterocycles. The van der Waals surface area contributed by atoms with Crippen LogP contribution >= 0.6 is 11.5 Å². The first-order chi connectivity index (χ1) is 11.5. The first kappa shape index (κ1) is 17.3. The van der Waals surface area contributed by atoms with Gasteiger partial charge in [-0.2, -0.15) is 0 Å². The summed E-state index contributed by atoms with van der Waals surface area (Å²) in [5.41, 5.74) is 0.425. The minimum absolute atomic E-state index is 0.000189. The van der Waals surface area contributed by atoms with Gasteiger partial charge in [-0.05, 0) is 51.1 Å². The molecule has 2 aliphatic rings. The van der Waals surface area contributed by atoms with Crippen molar-refractivity contribution >= 4 is 23.3 Å². The highest BCUT2D eigenvalue weighted by Crippen LogP contribution is 2.41. The fourth-order valence-corrected chi connectivity index (χ4v) is 4.61. The second kappa shape index (κ2) is 6.78. The number of aromatic nitrogens is 2. The average molecular weight is 350 g/mol. The van der Waals surface area contributed by atoms with Crippen LogP contribution in [0.1, 0.15) is 61.8 Å². The minimum atomic E-state index is -0.374. The van der Waals surface area contributed by atoms with Gasteiger partial charge < -0.3 is 9.80 Å². The van der Waals surface area contributed by atoms with Gasteiger partial charge >= 0.3 is 0 Å². The molecule has 2 fully saturated rings. The van der Waals surface area contributed by atoms with Crippen molar-refractivity contribution in [1.82, 2.24) is 19.4 Å². The van der Waals surface area contributed by atoms with Crippen LogP contribution < -0.4 is 0 Å². The molecule has 0 unspecified atom stereocenters. The monoisotopic (exact) mass is 350 g/mol. The highest BCUT2D eigenvalue weighted by atomic mass is 32.1. The number of piperidine rings is 1. The van der Waals surface area contributed by atoms with E-state index in [4.69, 9.17) is 0 Å². The molecule has 1 aromatic heterocycles. The van der Waals surface area contributed by atoms with Crippen molar-refractivity contribution in [3.8, 4) is 0 Å². The van der Waals surface area contributed by atoms with Crippen molar-refractivity contribution in [2.45, 2.75) is 58.9 Å². The van der Waals surface area contributed by atoms with Crippen LogP contribution in [0.25, 0.3) is 0 Å². The van der Waals surface area contributed by atoms with Gasteiger partial charge in [0.1, 0.15) is 4.88 Å². The second-order valence-corrected chi connectivity index (χ2v) is 8.01. The molecule has 0 radical (unpaired) electrons. The van der Waals surface area contributed by atoms with E-state index in [0.29, 0.717) is 18.0 Å². The van der Waals surface area contributed by atoms with Crippen molar-refractivity contribution in [2.24, 2.45) is 5.41 Å². The number of likely N-dealkylation sites (tertiary alicyclic amines) is 2. The summed E-state index contributed by atoms with van der Waals surface area (Å²) in [6.45, 7) is 8.23. The third kappa shape index (κ3) is 2.94. The van der Waals surface area contributed by atoms with Gasteiger partial charge in [0.15, 0.2) is 0 Å². The fourth-order valence-electron chi connectivity index (χ4n) is 3.93. The molecule has 3 heterocycles. The lowest BCUT2D eigenvalue weighted by molar-refractivity contribution is -0.147. The predicted molar refractivity (Wildman–Crippen MR) is 92.9 cm³/mol. The third-order valence-electron chi connectivity index (χ3n) is 5.27. The highest BCUT2D eigenvalue weighted by molar-refractivity contribution is 7.08. The van der Waals surface area contributed by atoms with Crippen LogP contribution in [0.3, 0.4) is 0 Å². The average Bonchev–Trinajstić information content (AvgIpc) is 3.18. The minimum Gasteiger partial charge on any atom is -0.340 e. The lowest BCUT2D eigenvalue weighted by Gasteiger charge is -2.41. The van der Waals surface area contributed by atoms with Crippen LogP contribution in [0.15, 0.2) is 0 Å². The maximum Gasteiger partial charge on any atom is 0.267 e. The smallest absolute Gasteiger partial charge is 0.267 e. The summed E-state index contributed by atoms with van der Waals surface area (Å²) in [7, 11) is 0. The van der Waals surface area contributed by atoms with Crippen LogP contribution in [0.2, 0.25) is 0 Å². The number of hydrogen-bond acceptors (Lipinski definition) is 5. The maximum absolute atomic E-state index is 13.0. The Labute approximate surface area is 147 Å². The van der Waals surface area contributed by atoms with Gasteiger partial charge in [-0.15, -0.1) is 5.10 Å². The van der Waals surface area contributed by atoms with Crippen LogP contribution in [-0.4, -0.2) is 56.9 Å². The number of carbonyl (C=O) groups excluding carboxylic acids is 2. The Balaban J connectivity index is 1.76. The predicted octanol–water partition coefficient (Wildman–Crippen LogP) is 2.35. The molecule has 1 aromatic rings. The van der Waals surface area contributed by atoms with Crippen LogP contribution in [-0.2, 0) is 11.2 Å². The van der Waals surface area contributed by atoms with Gasteiger partial charge in [-0.1, -0.05) is 17.8 Å². The summed E-state index contributed by atoms with van der Waals surface area (Å²) in [5.74, 6) is 0.232. The van der Waals surface area contributed by atoms with Gasteiger partial charge in [-0.3, -0.25) is 9.59 Å². The Bertz CT molecular complexity index is 630. The van der Waals surface area contributed by atoms with Crippen molar-refractivity contribution in [3.63, 3.8) is 0 Å². The summed E-state index contributed by atoms with van der Waals surface area (Å²) in [6.07, 6.45) is 4.40. The lowest BCUT2D eigenvalue weighted by Crippen LogP contribution is -2.52. The number of hydrogen-bond donors (Lipinski definition) is 0. The lowest BCUT2D eigenvalue weighted by atomic mass is 9.78. The molecular weight excluding hydrogens is 324 g/mol. The fraction of sp³-hybridized carbons (Fsp3) is 0.765. The first-order valence-corrected chi connectivity index (χ1v) is 9.67. The molecule has 0 saturated carbocycles. The van der Waals surface area contributed by atoms with E-state index in [-0.39, 0.29) is 23.3 Å². The molecule has 1 atom stereocenters. The summed E-state index contributed by atoms with van der Waals surface area (Å²) in [4.78, 5) is 30.3. The number of amides is 2. The first-order valence-electron chi connectivity index (χ1n) is 8.90. The molecule has 2 saturated heterocycles. The molecular formula is C17H26N4O2S. The van der Waals surface area contributed by atoms with Gasteiger partial charge in [-0.25, -0.2) is 0 Å². The zero-order valence-corrected chi connectivity index (χ0v) is 15.6. The van der Waals surface area contributed by atoms with Gasteiger partial charge in [0.05, 0.1) is 11.1 Å². The molecule has 2 amide bonds. The van der Waals surface area contributed by atoms with E-state index < -0.39 is 0 Å². The van der Waals surface area contributed by atoms with Gasteiger partial charge in [0, 0.05) is 25.7 Å². The standard InChI is InChI=1S/C17H26N4O2S/c1-4-6-13-14(24-19-18-13)15(22)20-10-8-17(11-20)7-5-9-21(12(2)3)16(17)23/h12H,4-11H2,1-3H3/t17-/m1/s1. The molecule has 6 nitrogen and oxygen atoms in total. The molecule has 7 heteroatoms. The van der Waals surface area contributed by atoms with Crippen LogP contribution in [0.4, 0.5) is 0 Å². The van der Waals surface area contributed by atoms with Gasteiger partial charge in [0.25, 0.3) is 5.91 Å². The summed E-state index contributed by atoms with van der Waals surface area (Å²) >= 11 is 1.18. The highest BCUT2D eigenvalue weighted by Gasteiger charge is 2.50. The maximum atomic E-state index is 13.0. The summed E-state index contributed by atoms with van der Waals surface area (Å²) < 4.78 is 3.96. The largest absolute Gasteiger partial charge is 0.340 e. The topological polar surface area (TPSA) is 66.4 Å². The Hall–Kier alpha value is -1.50. The molecule has 3 rings (SSSR count). The van der Waals surface area contributed by atoms with Crippen molar-refractivity contribution in [1.29, 1.82) is 0 Å². The van der Waals surface area contributed by atoms with E-state index in [1.807, 2.05) is 9.80 Å². The summed E-state index contributed by atoms with van der Waals surface area (Å²) in [6, 6.07) is 0.223. The zero-order chi connectivity index (χ0) is 17.3. The van der Waals surface area contributed by atoms with E-state index >= 15 is 0 Å². The number of aryl methyl sites for hydroxylation is 1. The number of rotatable bonds is 4. The van der Waals surface area contributed by atoms with Crippen molar-refractivity contribution < 1.29 is 9.59 Å². The Morgan fingerprint density at radius 1 is 1.33 bits per heavy atom. The van der Waals surface area contributed by atoms with E-state index in [0.717, 1.165) is 44.3 Å². The molecule has 0 aromatic carbocycles. The number of nitrogens with zero attached hydrogens (tertiary/aromatic N) is 4. The van der Waals surface area contributed by atoms with Gasteiger partial charge in [0.2, 0.25) is 5.91 Å². The molecule has 0 aliphatic carbocycles. The van der Waals surface area contributed by atoms with E-state index in [1.165, 1.54) is 11.5 Å². The molecule has 132 valence electrons. The Kier molecular flexibility index (Phi) is 4.90. The number of carbonyl (C=O) groups is 2. The normalized spacial score (nSPS) is 24.4. The van der Waals surface area contributed by atoms with Crippen molar-refractivity contribution in [3.05, 3.63) is 10.6 Å². The van der Waals surface area contributed by atoms with Crippen molar-refractivity contribution in [2.75, 3.05) is 19.6 Å². The van der Waals surface area contributed by atoms with E-state index in [9.17, 15) is 9.59 Å². The molecule has 0 N–H and O–H groups in total. The van der Waals surface area contributed by atoms with Crippen LogP contribution in [0, 0.1) is 5.41 Å². The zero-order valence-electron chi connectivity index (χ0n) is 14.7.